The van der Waals surface area contributed by atoms with Crippen LogP contribution in [-0.2, 0) is 0 Å². The van der Waals surface area contributed by atoms with Crippen molar-refractivity contribution >= 4 is 22.4 Å². The molecule has 0 saturated heterocycles. The van der Waals surface area contributed by atoms with Crippen LogP contribution < -0.4 is 10.6 Å². The van der Waals surface area contributed by atoms with E-state index in [2.05, 4.69) is 21.2 Å². The first-order chi connectivity index (χ1) is 9.77. The van der Waals surface area contributed by atoms with E-state index < -0.39 is 0 Å². The van der Waals surface area contributed by atoms with E-state index in [1.54, 1.807) is 12.4 Å². The van der Waals surface area contributed by atoms with E-state index >= 15 is 0 Å². The molecule has 0 aliphatic heterocycles. The van der Waals surface area contributed by atoms with Crippen molar-refractivity contribution in [1.82, 2.24) is 9.36 Å². The van der Waals surface area contributed by atoms with Crippen LogP contribution in [-0.4, -0.2) is 34.2 Å². The van der Waals surface area contributed by atoms with Gasteiger partial charge in [0, 0.05) is 31.0 Å². The average Bonchev–Trinajstić information content (AvgIpc) is 2.86. The number of aliphatic hydroxyl groups is 1. The lowest BCUT2D eigenvalue weighted by atomic mass is 10.1. The molecule has 6 heteroatoms. The van der Waals surface area contributed by atoms with Crippen molar-refractivity contribution in [3.63, 3.8) is 0 Å². The number of hydrogen-bond acceptors (Lipinski definition) is 6. The third-order valence-corrected chi connectivity index (χ3v) is 4.01. The summed E-state index contributed by atoms with van der Waals surface area (Å²) in [4.78, 5) is 6.30. The first-order valence-corrected chi connectivity index (χ1v) is 7.56. The van der Waals surface area contributed by atoms with E-state index in [0.717, 1.165) is 35.5 Å². The Kier molecular flexibility index (Phi) is 5.31. The van der Waals surface area contributed by atoms with Crippen molar-refractivity contribution in [2.24, 2.45) is 0 Å². The molecule has 0 radical (unpaired) electrons. The summed E-state index contributed by atoms with van der Waals surface area (Å²) in [5.74, 6) is 0.525. The Balaban J connectivity index is 2.35. The van der Waals surface area contributed by atoms with Gasteiger partial charge in [-0.1, -0.05) is 19.4 Å². The number of nitrogen functional groups attached to an aromatic ring is 1. The van der Waals surface area contributed by atoms with Gasteiger partial charge in [-0.2, -0.15) is 4.37 Å². The second-order valence-electron chi connectivity index (χ2n) is 4.55. The minimum Gasteiger partial charge on any atom is -0.395 e. The molecule has 0 atom stereocenters. The highest BCUT2D eigenvalue weighted by molar-refractivity contribution is 7.11. The van der Waals surface area contributed by atoms with Crippen LogP contribution >= 0.6 is 11.5 Å². The summed E-state index contributed by atoms with van der Waals surface area (Å²) >= 11 is 1.38. The van der Waals surface area contributed by atoms with Crippen molar-refractivity contribution in [1.29, 1.82) is 0 Å². The van der Waals surface area contributed by atoms with Gasteiger partial charge in [0.05, 0.1) is 12.2 Å². The highest BCUT2D eigenvalue weighted by atomic mass is 32.1. The second-order valence-corrected chi connectivity index (χ2v) is 5.31. The molecule has 0 aliphatic rings. The zero-order valence-corrected chi connectivity index (χ0v) is 12.4. The lowest BCUT2D eigenvalue weighted by Gasteiger charge is -2.23. The SMILES string of the molecule is CCCCN(CCO)c1snc(N)c1-c1cccnc1. The predicted octanol–water partition coefficient (Wildman–Crippen LogP) is 2.39. The molecule has 0 bridgehead atoms. The number of rotatable bonds is 7. The summed E-state index contributed by atoms with van der Waals surface area (Å²) in [6.45, 7) is 3.76. The van der Waals surface area contributed by atoms with E-state index in [1.165, 1.54) is 11.5 Å². The molecule has 5 nitrogen and oxygen atoms in total. The molecule has 3 N–H and O–H groups in total. The molecule has 0 saturated carbocycles. The molecule has 0 spiro atoms. The van der Waals surface area contributed by atoms with Gasteiger partial charge in [-0.05, 0) is 24.0 Å². The van der Waals surface area contributed by atoms with Gasteiger partial charge < -0.3 is 15.7 Å². The van der Waals surface area contributed by atoms with Gasteiger partial charge in [-0.3, -0.25) is 4.98 Å². The van der Waals surface area contributed by atoms with Crippen molar-refractivity contribution in [3.8, 4) is 11.1 Å². The van der Waals surface area contributed by atoms with Gasteiger partial charge in [-0.25, -0.2) is 0 Å². The number of anilines is 2. The van der Waals surface area contributed by atoms with Crippen LogP contribution in [0.4, 0.5) is 10.8 Å². The molecule has 0 aliphatic carbocycles. The maximum absolute atomic E-state index is 9.26. The first-order valence-electron chi connectivity index (χ1n) is 6.79. The Bertz CT molecular complexity index is 529. The van der Waals surface area contributed by atoms with Crippen LogP contribution in [0.5, 0.6) is 0 Å². The number of aromatic nitrogens is 2. The topological polar surface area (TPSA) is 75.3 Å². The summed E-state index contributed by atoms with van der Waals surface area (Å²) < 4.78 is 4.27. The summed E-state index contributed by atoms with van der Waals surface area (Å²) in [5.41, 5.74) is 7.91. The minimum atomic E-state index is 0.119. The van der Waals surface area contributed by atoms with E-state index in [1.807, 2.05) is 12.1 Å². The number of aliphatic hydroxyl groups excluding tert-OH is 1. The van der Waals surface area contributed by atoms with Crippen LogP contribution in [0.1, 0.15) is 19.8 Å². The Morgan fingerprint density at radius 2 is 2.25 bits per heavy atom. The average molecular weight is 292 g/mol. The second kappa shape index (κ2) is 7.21. The van der Waals surface area contributed by atoms with E-state index in [-0.39, 0.29) is 6.61 Å². The smallest absolute Gasteiger partial charge is 0.147 e. The fourth-order valence-electron chi connectivity index (χ4n) is 2.08. The van der Waals surface area contributed by atoms with Crippen LogP contribution in [0.15, 0.2) is 24.5 Å². The van der Waals surface area contributed by atoms with Crippen LogP contribution in [0.3, 0.4) is 0 Å². The Hall–Kier alpha value is -1.66. The molecule has 0 aromatic carbocycles. The maximum Gasteiger partial charge on any atom is 0.147 e. The lowest BCUT2D eigenvalue weighted by Crippen LogP contribution is -2.27. The molecular weight excluding hydrogens is 272 g/mol. The van der Waals surface area contributed by atoms with Crippen LogP contribution in [0.2, 0.25) is 0 Å². The summed E-state index contributed by atoms with van der Waals surface area (Å²) in [6.07, 6.45) is 5.71. The van der Waals surface area contributed by atoms with Gasteiger partial charge in [0.2, 0.25) is 0 Å². The number of nitrogens with zero attached hydrogens (tertiary/aromatic N) is 3. The van der Waals surface area contributed by atoms with E-state index in [0.29, 0.717) is 12.4 Å². The molecule has 0 amide bonds. The van der Waals surface area contributed by atoms with Crippen molar-refractivity contribution < 1.29 is 5.11 Å². The molecule has 108 valence electrons. The predicted molar refractivity (Wildman–Crippen MR) is 84.0 cm³/mol. The minimum absolute atomic E-state index is 0.119. The molecule has 2 aromatic rings. The van der Waals surface area contributed by atoms with Gasteiger partial charge in [0.15, 0.2) is 0 Å². The Morgan fingerprint density at radius 1 is 1.40 bits per heavy atom. The van der Waals surface area contributed by atoms with E-state index in [9.17, 15) is 5.11 Å². The molecule has 20 heavy (non-hydrogen) atoms. The Labute approximate surface area is 123 Å². The zero-order chi connectivity index (χ0) is 14.4. The van der Waals surface area contributed by atoms with Gasteiger partial charge in [-0.15, -0.1) is 0 Å². The monoisotopic (exact) mass is 292 g/mol. The fourth-order valence-corrected chi connectivity index (χ4v) is 2.96. The largest absolute Gasteiger partial charge is 0.395 e. The van der Waals surface area contributed by atoms with Gasteiger partial charge >= 0.3 is 0 Å². The third-order valence-electron chi connectivity index (χ3n) is 3.09. The van der Waals surface area contributed by atoms with E-state index in [4.69, 9.17) is 5.73 Å². The molecule has 0 fully saturated rings. The quantitative estimate of drug-likeness (QED) is 0.819. The summed E-state index contributed by atoms with van der Waals surface area (Å²) in [7, 11) is 0. The number of hydrogen-bond donors (Lipinski definition) is 2. The highest BCUT2D eigenvalue weighted by Gasteiger charge is 2.18. The van der Waals surface area contributed by atoms with Gasteiger partial charge in [0.25, 0.3) is 0 Å². The Morgan fingerprint density at radius 3 is 2.90 bits per heavy atom. The lowest BCUT2D eigenvalue weighted by molar-refractivity contribution is 0.302. The third kappa shape index (κ3) is 3.26. The molecular formula is C14H20N4OS. The standard InChI is InChI=1S/C14H20N4OS/c1-2-3-7-18(8-9-19)14-12(13(15)17-20-14)11-5-4-6-16-10-11/h4-6,10,19H,2-3,7-9H2,1H3,(H2,15,17). The van der Waals surface area contributed by atoms with Crippen molar-refractivity contribution in [2.75, 3.05) is 30.3 Å². The molecule has 2 aromatic heterocycles. The first kappa shape index (κ1) is 14.7. The van der Waals surface area contributed by atoms with Gasteiger partial charge in [0.1, 0.15) is 10.8 Å². The summed E-state index contributed by atoms with van der Waals surface area (Å²) in [6, 6.07) is 3.87. The fraction of sp³-hybridized carbons (Fsp3) is 0.429. The number of unbranched alkanes of at least 4 members (excludes halogenated alkanes) is 1. The number of nitrogens with two attached hydrogens (primary N) is 1. The van der Waals surface area contributed by atoms with Crippen molar-refractivity contribution in [3.05, 3.63) is 24.5 Å². The molecule has 2 heterocycles. The van der Waals surface area contributed by atoms with Crippen molar-refractivity contribution in [2.45, 2.75) is 19.8 Å². The van der Waals surface area contributed by atoms with Crippen LogP contribution in [0, 0.1) is 0 Å². The zero-order valence-electron chi connectivity index (χ0n) is 11.6. The normalized spacial score (nSPS) is 10.7. The summed E-state index contributed by atoms with van der Waals surface area (Å²) in [5, 5.41) is 10.3. The van der Waals surface area contributed by atoms with Crippen LogP contribution in [0.25, 0.3) is 11.1 Å². The molecule has 2 rings (SSSR count). The number of pyridine rings is 1. The highest BCUT2D eigenvalue weighted by Crippen LogP contribution is 2.38. The maximum atomic E-state index is 9.26. The molecule has 0 unspecified atom stereocenters.